The van der Waals surface area contributed by atoms with Crippen LogP contribution in [0, 0.1) is 10.1 Å². The fourth-order valence-corrected chi connectivity index (χ4v) is 4.77. The van der Waals surface area contributed by atoms with Crippen LogP contribution >= 0.6 is 0 Å². The van der Waals surface area contributed by atoms with Crippen molar-refractivity contribution >= 4 is 28.2 Å². The van der Waals surface area contributed by atoms with Crippen molar-refractivity contribution in [2.45, 2.75) is 25.0 Å². The fourth-order valence-electron chi connectivity index (χ4n) is 4.77. The van der Waals surface area contributed by atoms with Gasteiger partial charge >= 0.3 is 0 Å². The SMILES string of the molecule is CN1c2ccc3ccccc3c2C(C)(C)[C@@]12C=Cc1cc([N+](=O)[O-])ccc1O2. The number of nitro groups is 1. The Balaban J connectivity index is 1.70. The van der Waals surface area contributed by atoms with E-state index in [2.05, 4.69) is 55.1 Å². The van der Waals surface area contributed by atoms with Crippen LogP contribution in [0.1, 0.15) is 25.0 Å². The molecule has 140 valence electrons. The maximum absolute atomic E-state index is 11.1. The van der Waals surface area contributed by atoms with Gasteiger partial charge in [0.05, 0.1) is 10.3 Å². The molecule has 0 saturated carbocycles. The molecule has 3 aromatic carbocycles. The van der Waals surface area contributed by atoms with Gasteiger partial charge in [0.1, 0.15) is 5.75 Å². The third-order valence-electron chi connectivity index (χ3n) is 6.25. The molecule has 0 saturated heterocycles. The third-order valence-corrected chi connectivity index (χ3v) is 6.25. The highest BCUT2D eigenvalue weighted by molar-refractivity contribution is 5.94. The van der Waals surface area contributed by atoms with Gasteiger partial charge in [-0.3, -0.25) is 10.1 Å². The number of hydrogen-bond acceptors (Lipinski definition) is 4. The monoisotopic (exact) mass is 372 g/mol. The molecule has 0 fully saturated rings. The number of anilines is 1. The number of non-ortho nitro benzene ring substituents is 1. The summed E-state index contributed by atoms with van der Waals surface area (Å²) in [6, 6.07) is 17.4. The van der Waals surface area contributed by atoms with Crippen LogP contribution in [0.25, 0.3) is 16.8 Å². The van der Waals surface area contributed by atoms with Crippen LogP contribution in [0.2, 0.25) is 0 Å². The minimum atomic E-state index is -0.706. The summed E-state index contributed by atoms with van der Waals surface area (Å²) in [7, 11) is 2.04. The zero-order chi connectivity index (χ0) is 19.7. The Bertz CT molecular complexity index is 1180. The number of ether oxygens (including phenoxy) is 1. The van der Waals surface area contributed by atoms with Gasteiger partial charge in [-0.25, -0.2) is 0 Å². The molecule has 0 aromatic heterocycles. The molecule has 0 bridgehead atoms. The Kier molecular flexibility index (Phi) is 3.21. The molecule has 0 radical (unpaired) electrons. The highest BCUT2D eigenvalue weighted by Gasteiger charge is 2.58. The second-order valence-corrected chi connectivity index (χ2v) is 7.98. The van der Waals surface area contributed by atoms with Gasteiger partial charge in [0.2, 0.25) is 5.72 Å². The van der Waals surface area contributed by atoms with E-state index in [1.54, 1.807) is 12.1 Å². The summed E-state index contributed by atoms with van der Waals surface area (Å²) in [6.07, 6.45) is 3.98. The number of benzene rings is 3. The van der Waals surface area contributed by atoms with E-state index in [0.29, 0.717) is 5.75 Å². The van der Waals surface area contributed by atoms with Crippen molar-refractivity contribution < 1.29 is 9.66 Å². The zero-order valence-electron chi connectivity index (χ0n) is 16.0. The Morgan fingerprint density at radius 3 is 2.64 bits per heavy atom. The number of fused-ring (bicyclic) bond motifs is 4. The molecule has 0 aliphatic carbocycles. The Morgan fingerprint density at radius 2 is 1.86 bits per heavy atom. The topological polar surface area (TPSA) is 55.6 Å². The number of likely N-dealkylation sites (N-methyl/N-ethyl adjacent to an activating group) is 1. The molecule has 0 unspecified atom stereocenters. The van der Waals surface area contributed by atoms with Gasteiger partial charge in [0.25, 0.3) is 5.69 Å². The summed E-state index contributed by atoms with van der Waals surface area (Å²) in [5.41, 5.74) is 2.14. The summed E-state index contributed by atoms with van der Waals surface area (Å²) in [5, 5.41) is 13.5. The maximum Gasteiger partial charge on any atom is 0.270 e. The molecule has 5 rings (SSSR count). The van der Waals surface area contributed by atoms with E-state index in [9.17, 15) is 10.1 Å². The molecule has 0 N–H and O–H groups in total. The van der Waals surface area contributed by atoms with Crippen LogP contribution < -0.4 is 9.64 Å². The van der Waals surface area contributed by atoms with Crippen molar-refractivity contribution in [2.24, 2.45) is 0 Å². The molecule has 5 nitrogen and oxygen atoms in total. The quantitative estimate of drug-likeness (QED) is 0.431. The lowest BCUT2D eigenvalue weighted by atomic mass is 9.75. The van der Waals surface area contributed by atoms with Crippen molar-refractivity contribution in [3.8, 4) is 5.75 Å². The first-order valence-corrected chi connectivity index (χ1v) is 9.28. The summed E-state index contributed by atoms with van der Waals surface area (Å²) in [5.74, 6) is 0.658. The van der Waals surface area contributed by atoms with Gasteiger partial charge in [-0.2, -0.15) is 0 Å². The summed E-state index contributed by atoms with van der Waals surface area (Å²) in [6.45, 7) is 4.39. The van der Waals surface area contributed by atoms with Crippen molar-refractivity contribution in [3.05, 3.63) is 81.9 Å². The van der Waals surface area contributed by atoms with E-state index in [4.69, 9.17) is 4.74 Å². The van der Waals surface area contributed by atoms with Crippen molar-refractivity contribution in [3.63, 3.8) is 0 Å². The molecular weight excluding hydrogens is 352 g/mol. The number of nitro benzene ring substituents is 1. The highest BCUT2D eigenvalue weighted by atomic mass is 16.6. The van der Waals surface area contributed by atoms with E-state index >= 15 is 0 Å². The normalized spacial score (nSPS) is 21.5. The predicted octanol–water partition coefficient (Wildman–Crippen LogP) is 5.28. The average molecular weight is 372 g/mol. The summed E-state index contributed by atoms with van der Waals surface area (Å²) >= 11 is 0. The van der Waals surface area contributed by atoms with Crippen LogP contribution in [-0.4, -0.2) is 17.7 Å². The third kappa shape index (κ3) is 1.96. The highest BCUT2D eigenvalue weighted by Crippen LogP contribution is 2.56. The first-order chi connectivity index (χ1) is 13.3. The van der Waals surface area contributed by atoms with Gasteiger partial charge in [0, 0.05) is 30.4 Å². The lowest BCUT2D eigenvalue weighted by Gasteiger charge is -2.45. The molecule has 5 heteroatoms. The molecule has 3 aromatic rings. The van der Waals surface area contributed by atoms with Gasteiger partial charge in [-0.1, -0.05) is 30.3 Å². The second kappa shape index (κ2) is 5.35. The number of rotatable bonds is 1. The van der Waals surface area contributed by atoms with Crippen LogP contribution in [0.4, 0.5) is 11.4 Å². The van der Waals surface area contributed by atoms with Gasteiger partial charge in [-0.05, 0) is 54.5 Å². The number of nitrogens with zero attached hydrogens (tertiary/aromatic N) is 2. The second-order valence-electron chi connectivity index (χ2n) is 7.98. The molecule has 2 aliphatic rings. The van der Waals surface area contributed by atoms with Crippen LogP contribution in [-0.2, 0) is 5.41 Å². The van der Waals surface area contributed by atoms with E-state index < -0.39 is 5.72 Å². The smallest absolute Gasteiger partial charge is 0.270 e. The first kappa shape index (κ1) is 16.8. The van der Waals surface area contributed by atoms with Gasteiger partial charge in [-0.15, -0.1) is 0 Å². The lowest BCUT2D eigenvalue weighted by Crippen LogP contribution is -2.58. The Labute approximate surface area is 163 Å². The largest absolute Gasteiger partial charge is 0.463 e. The Hall–Kier alpha value is -3.34. The molecule has 0 amide bonds. The Morgan fingerprint density at radius 1 is 1.07 bits per heavy atom. The van der Waals surface area contributed by atoms with E-state index in [1.165, 1.54) is 22.4 Å². The van der Waals surface area contributed by atoms with Crippen LogP contribution in [0.15, 0.2) is 60.7 Å². The van der Waals surface area contributed by atoms with Crippen LogP contribution in [0.5, 0.6) is 5.75 Å². The van der Waals surface area contributed by atoms with Crippen molar-refractivity contribution in [1.29, 1.82) is 0 Å². The van der Waals surface area contributed by atoms with Gasteiger partial charge in [0.15, 0.2) is 0 Å². The van der Waals surface area contributed by atoms with E-state index in [1.807, 2.05) is 19.2 Å². The lowest BCUT2D eigenvalue weighted by molar-refractivity contribution is -0.384. The molecule has 28 heavy (non-hydrogen) atoms. The van der Waals surface area contributed by atoms with E-state index in [0.717, 1.165) is 11.3 Å². The predicted molar refractivity (Wildman–Crippen MR) is 111 cm³/mol. The summed E-state index contributed by atoms with van der Waals surface area (Å²) in [4.78, 5) is 12.9. The summed E-state index contributed by atoms with van der Waals surface area (Å²) < 4.78 is 6.59. The first-order valence-electron chi connectivity index (χ1n) is 9.28. The maximum atomic E-state index is 11.1. The molecule has 1 spiro atoms. The minimum absolute atomic E-state index is 0.0660. The molecule has 1 atom stereocenters. The van der Waals surface area contributed by atoms with Gasteiger partial charge < -0.3 is 9.64 Å². The number of hydrogen-bond donors (Lipinski definition) is 0. The van der Waals surface area contributed by atoms with E-state index in [-0.39, 0.29) is 16.0 Å². The average Bonchev–Trinajstić information content (AvgIpc) is 2.86. The molecule has 2 aliphatic heterocycles. The molecular formula is C23H20N2O3. The van der Waals surface area contributed by atoms with Crippen molar-refractivity contribution in [1.82, 2.24) is 0 Å². The molecule has 2 heterocycles. The van der Waals surface area contributed by atoms with Crippen molar-refractivity contribution in [2.75, 3.05) is 11.9 Å². The zero-order valence-corrected chi connectivity index (χ0v) is 16.0. The standard InChI is InChI=1S/C23H20N2O3/c1-22(2)21-18-7-5-4-6-15(18)8-10-19(21)24(3)23(22)13-12-16-14-17(25(26)27)9-11-20(16)28-23/h4-14H,1-3H3/t23-/m0/s1. The fraction of sp³-hybridized carbons (Fsp3) is 0.217. The minimum Gasteiger partial charge on any atom is -0.463 e. The van der Waals surface area contributed by atoms with Crippen LogP contribution in [0.3, 0.4) is 0 Å².